The maximum absolute atomic E-state index is 5.30. The van der Waals surface area contributed by atoms with E-state index in [2.05, 4.69) is 9.97 Å². The molecule has 3 rings (SSSR count). The number of benzene rings is 1. The molecular formula is C13H10N2OS. The van der Waals surface area contributed by atoms with Crippen LogP contribution in [0.15, 0.2) is 58.4 Å². The zero-order chi connectivity index (χ0) is 11.5. The summed E-state index contributed by atoms with van der Waals surface area (Å²) >= 11 is 1.66. The molecule has 0 saturated heterocycles. The highest BCUT2D eigenvalue weighted by Crippen LogP contribution is 2.26. The summed E-state index contributed by atoms with van der Waals surface area (Å²) in [4.78, 5) is 8.56. The highest BCUT2D eigenvalue weighted by molar-refractivity contribution is 7.98. The van der Waals surface area contributed by atoms with Crippen LogP contribution in [0.5, 0.6) is 0 Å². The smallest absolute Gasteiger partial charge is 0.117 e. The van der Waals surface area contributed by atoms with Gasteiger partial charge in [0.25, 0.3) is 0 Å². The molecule has 0 spiro atoms. The van der Waals surface area contributed by atoms with E-state index in [9.17, 15) is 0 Å². The average molecular weight is 242 g/mol. The topological polar surface area (TPSA) is 38.9 Å². The first-order valence-electron chi connectivity index (χ1n) is 5.28. The number of aromatic nitrogens is 2. The first kappa shape index (κ1) is 10.4. The van der Waals surface area contributed by atoms with Crippen LogP contribution in [0.2, 0.25) is 0 Å². The standard InChI is InChI=1S/C13H10N2OS/c1-2-6-12-11(5-1)13(15-9-14-12)17-8-10-4-3-7-16-10/h1-7,9H,8H2. The third-order valence-electron chi connectivity index (χ3n) is 2.44. The maximum Gasteiger partial charge on any atom is 0.117 e. The molecule has 3 aromatic rings. The summed E-state index contributed by atoms with van der Waals surface area (Å²) in [5.41, 5.74) is 0.976. The van der Waals surface area contributed by atoms with Gasteiger partial charge in [-0.25, -0.2) is 9.97 Å². The van der Waals surface area contributed by atoms with Gasteiger partial charge in [0.1, 0.15) is 17.1 Å². The highest BCUT2D eigenvalue weighted by Gasteiger charge is 2.04. The van der Waals surface area contributed by atoms with Crippen LogP contribution in [-0.4, -0.2) is 9.97 Å². The molecule has 0 fully saturated rings. The minimum atomic E-state index is 0.786. The number of hydrogen-bond donors (Lipinski definition) is 0. The Morgan fingerprint density at radius 1 is 1.06 bits per heavy atom. The normalized spacial score (nSPS) is 10.8. The monoisotopic (exact) mass is 242 g/mol. The zero-order valence-electron chi connectivity index (χ0n) is 9.04. The Balaban J connectivity index is 1.90. The lowest BCUT2D eigenvalue weighted by atomic mass is 10.2. The van der Waals surface area contributed by atoms with Gasteiger partial charge in [-0.15, -0.1) is 0 Å². The van der Waals surface area contributed by atoms with Gasteiger partial charge in [-0.2, -0.15) is 0 Å². The van der Waals surface area contributed by atoms with Crippen LogP contribution < -0.4 is 0 Å². The first-order chi connectivity index (χ1) is 8.43. The lowest BCUT2D eigenvalue weighted by Gasteiger charge is -2.02. The van der Waals surface area contributed by atoms with Crippen molar-refractivity contribution in [3.63, 3.8) is 0 Å². The van der Waals surface area contributed by atoms with Crippen molar-refractivity contribution < 1.29 is 4.42 Å². The van der Waals surface area contributed by atoms with Gasteiger partial charge in [-0.3, -0.25) is 0 Å². The quantitative estimate of drug-likeness (QED) is 0.520. The number of thioether (sulfide) groups is 1. The predicted molar refractivity (Wildman–Crippen MR) is 67.8 cm³/mol. The van der Waals surface area contributed by atoms with Crippen molar-refractivity contribution in [2.24, 2.45) is 0 Å². The van der Waals surface area contributed by atoms with Crippen LogP contribution in [-0.2, 0) is 5.75 Å². The molecule has 4 heteroatoms. The van der Waals surface area contributed by atoms with Crippen molar-refractivity contribution in [1.29, 1.82) is 0 Å². The molecule has 0 saturated carbocycles. The molecule has 0 N–H and O–H groups in total. The minimum absolute atomic E-state index is 0.786. The fourth-order valence-corrected chi connectivity index (χ4v) is 2.52. The van der Waals surface area contributed by atoms with Crippen LogP contribution in [0.25, 0.3) is 10.9 Å². The van der Waals surface area contributed by atoms with Crippen LogP contribution in [0.4, 0.5) is 0 Å². The third kappa shape index (κ3) is 2.17. The second-order valence-corrected chi connectivity index (χ2v) is 4.53. The van der Waals surface area contributed by atoms with E-state index in [-0.39, 0.29) is 0 Å². The fourth-order valence-electron chi connectivity index (χ4n) is 1.63. The van der Waals surface area contributed by atoms with Crippen molar-refractivity contribution in [3.8, 4) is 0 Å². The highest BCUT2D eigenvalue weighted by atomic mass is 32.2. The summed E-state index contributed by atoms with van der Waals surface area (Å²) in [5.74, 6) is 1.74. The Labute approximate surface area is 103 Å². The van der Waals surface area contributed by atoms with E-state index in [0.717, 1.165) is 27.4 Å². The molecule has 0 aliphatic rings. The van der Waals surface area contributed by atoms with Gasteiger partial charge >= 0.3 is 0 Å². The van der Waals surface area contributed by atoms with Gasteiger partial charge in [0, 0.05) is 5.39 Å². The molecule has 0 bridgehead atoms. The van der Waals surface area contributed by atoms with Crippen molar-refractivity contribution in [2.45, 2.75) is 10.8 Å². The largest absolute Gasteiger partial charge is 0.468 e. The number of rotatable bonds is 3. The first-order valence-corrected chi connectivity index (χ1v) is 6.27. The minimum Gasteiger partial charge on any atom is -0.468 e. The fraction of sp³-hybridized carbons (Fsp3) is 0.0769. The molecule has 0 amide bonds. The average Bonchev–Trinajstić information content (AvgIpc) is 2.89. The maximum atomic E-state index is 5.30. The number of furan rings is 1. The molecule has 2 heterocycles. The van der Waals surface area contributed by atoms with Gasteiger partial charge < -0.3 is 4.42 Å². The van der Waals surface area contributed by atoms with E-state index >= 15 is 0 Å². The Bertz CT molecular complexity index is 617. The number of hydrogen-bond acceptors (Lipinski definition) is 4. The summed E-state index contributed by atoms with van der Waals surface area (Å²) < 4.78 is 5.30. The van der Waals surface area contributed by atoms with Crippen molar-refractivity contribution in [1.82, 2.24) is 9.97 Å². The van der Waals surface area contributed by atoms with E-state index in [0.29, 0.717) is 0 Å². The number of nitrogens with zero attached hydrogens (tertiary/aromatic N) is 2. The van der Waals surface area contributed by atoms with Crippen LogP contribution in [0.3, 0.4) is 0 Å². The molecule has 2 aromatic heterocycles. The lowest BCUT2D eigenvalue weighted by molar-refractivity contribution is 0.530. The van der Waals surface area contributed by atoms with Crippen molar-refractivity contribution >= 4 is 22.7 Å². The zero-order valence-corrected chi connectivity index (χ0v) is 9.85. The molecule has 0 aliphatic carbocycles. The molecular weight excluding hydrogens is 232 g/mol. The second-order valence-electron chi connectivity index (χ2n) is 3.56. The summed E-state index contributed by atoms with van der Waals surface area (Å²) in [7, 11) is 0. The predicted octanol–water partition coefficient (Wildman–Crippen LogP) is 3.52. The molecule has 0 atom stereocenters. The summed E-state index contributed by atoms with van der Waals surface area (Å²) in [6.07, 6.45) is 3.29. The Hall–Kier alpha value is -1.81. The van der Waals surface area contributed by atoms with Gasteiger partial charge in [0.15, 0.2) is 0 Å². The molecule has 3 nitrogen and oxygen atoms in total. The van der Waals surface area contributed by atoms with Gasteiger partial charge in [0.05, 0.1) is 17.5 Å². The van der Waals surface area contributed by atoms with Gasteiger partial charge in [-0.05, 0) is 18.2 Å². The number of para-hydroxylation sites is 1. The Kier molecular flexibility index (Phi) is 2.80. The van der Waals surface area contributed by atoms with E-state index in [1.807, 2.05) is 36.4 Å². The van der Waals surface area contributed by atoms with Gasteiger partial charge in [0.2, 0.25) is 0 Å². The second kappa shape index (κ2) is 4.59. The number of fused-ring (bicyclic) bond motifs is 1. The lowest BCUT2D eigenvalue weighted by Crippen LogP contribution is -1.86. The van der Waals surface area contributed by atoms with E-state index in [1.165, 1.54) is 0 Å². The van der Waals surface area contributed by atoms with Crippen LogP contribution in [0.1, 0.15) is 5.76 Å². The summed E-state index contributed by atoms with van der Waals surface area (Å²) in [6.45, 7) is 0. The molecule has 84 valence electrons. The van der Waals surface area contributed by atoms with Crippen molar-refractivity contribution in [2.75, 3.05) is 0 Å². The van der Waals surface area contributed by atoms with E-state index in [1.54, 1.807) is 24.4 Å². The molecule has 17 heavy (non-hydrogen) atoms. The van der Waals surface area contributed by atoms with Crippen LogP contribution >= 0.6 is 11.8 Å². The Morgan fingerprint density at radius 3 is 2.88 bits per heavy atom. The third-order valence-corrected chi connectivity index (χ3v) is 3.47. The van der Waals surface area contributed by atoms with Crippen LogP contribution in [0, 0.1) is 0 Å². The Morgan fingerprint density at radius 2 is 2.00 bits per heavy atom. The van der Waals surface area contributed by atoms with Gasteiger partial charge in [-0.1, -0.05) is 30.0 Å². The molecule has 1 aromatic carbocycles. The molecule has 0 radical (unpaired) electrons. The van der Waals surface area contributed by atoms with E-state index in [4.69, 9.17) is 4.42 Å². The summed E-state index contributed by atoms with van der Waals surface area (Å²) in [6, 6.07) is 11.9. The summed E-state index contributed by atoms with van der Waals surface area (Å²) in [5, 5.41) is 2.08. The van der Waals surface area contributed by atoms with E-state index < -0.39 is 0 Å². The van der Waals surface area contributed by atoms with Crippen molar-refractivity contribution in [3.05, 3.63) is 54.7 Å². The SMILES string of the molecule is c1coc(CSc2ncnc3ccccc23)c1. The molecule has 0 aliphatic heterocycles. The molecule has 0 unspecified atom stereocenters.